The van der Waals surface area contributed by atoms with Gasteiger partial charge in [-0.3, -0.25) is 4.79 Å². The number of nitrogens with two attached hydrogens (primary N) is 1. The van der Waals surface area contributed by atoms with Crippen molar-refractivity contribution in [2.45, 2.75) is 31.7 Å². The molecule has 0 saturated heterocycles. The SMILES string of the molecule is Cc1c(N)cc(S(=O)(=O)N(C)CC(=O)NC(C)C)cc1F. The molecule has 8 heteroatoms. The third-order valence-corrected chi connectivity index (χ3v) is 4.66. The number of benzene rings is 1. The minimum atomic E-state index is -3.98. The second-order valence-electron chi connectivity index (χ2n) is 5.10. The van der Waals surface area contributed by atoms with Crippen molar-refractivity contribution in [3.63, 3.8) is 0 Å². The van der Waals surface area contributed by atoms with E-state index < -0.39 is 21.7 Å². The molecule has 0 aliphatic rings. The largest absolute Gasteiger partial charge is 0.398 e. The van der Waals surface area contributed by atoms with Crippen LogP contribution in [0.25, 0.3) is 0 Å². The zero-order chi connectivity index (χ0) is 16.4. The van der Waals surface area contributed by atoms with Gasteiger partial charge in [0.15, 0.2) is 0 Å². The number of halogens is 1. The maximum Gasteiger partial charge on any atom is 0.243 e. The first-order valence-electron chi connectivity index (χ1n) is 6.37. The average molecular weight is 317 g/mol. The van der Waals surface area contributed by atoms with E-state index in [2.05, 4.69) is 5.32 Å². The lowest BCUT2D eigenvalue weighted by Crippen LogP contribution is -2.40. The molecule has 1 aromatic rings. The maximum absolute atomic E-state index is 13.6. The number of amides is 1. The predicted octanol–water partition coefficient (Wildman–Crippen LogP) is 0.861. The van der Waals surface area contributed by atoms with Crippen molar-refractivity contribution in [3.05, 3.63) is 23.5 Å². The summed E-state index contributed by atoms with van der Waals surface area (Å²) >= 11 is 0. The summed E-state index contributed by atoms with van der Waals surface area (Å²) in [7, 11) is -2.73. The molecule has 0 unspecified atom stereocenters. The monoisotopic (exact) mass is 317 g/mol. The number of rotatable bonds is 5. The number of nitrogens with one attached hydrogen (secondary N) is 1. The van der Waals surface area contributed by atoms with Gasteiger partial charge < -0.3 is 11.1 Å². The zero-order valence-corrected chi connectivity index (χ0v) is 13.3. The van der Waals surface area contributed by atoms with Crippen LogP contribution in [0, 0.1) is 12.7 Å². The van der Waals surface area contributed by atoms with Gasteiger partial charge in [0, 0.05) is 24.3 Å². The van der Waals surface area contributed by atoms with Gasteiger partial charge in [-0.2, -0.15) is 4.31 Å². The molecule has 0 radical (unpaired) electrons. The first-order valence-corrected chi connectivity index (χ1v) is 7.81. The molecule has 1 rings (SSSR count). The molecule has 0 fully saturated rings. The summed E-state index contributed by atoms with van der Waals surface area (Å²) in [5, 5.41) is 2.59. The van der Waals surface area contributed by atoms with Crippen molar-refractivity contribution >= 4 is 21.6 Å². The van der Waals surface area contributed by atoms with Crippen LogP contribution >= 0.6 is 0 Å². The van der Waals surface area contributed by atoms with Gasteiger partial charge in [-0.15, -0.1) is 0 Å². The van der Waals surface area contributed by atoms with Crippen molar-refractivity contribution in [1.29, 1.82) is 0 Å². The second-order valence-corrected chi connectivity index (χ2v) is 7.15. The van der Waals surface area contributed by atoms with E-state index in [1.807, 2.05) is 0 Å². The molecule has 0 aliphatic carbocycles. The van der Waals surface area contributed by atoms with Crippen LogP contribution < -0.4 is 11.1 Å². The van der Waals surface area contributed by atoms with Crippen LogP contribution in [0.1, 0.15) is 19.4 Å². The Labute approximate surface area is 124 Å². The number of nitrogens with zero attached hydrogens (tertiary/aromatic N) is 1. The van der Waals surface area contributed by atoms with Crippen molar-refractivity contribution in [2.75, 3.05) is 19.3 Å². The molecule has 0 aliphatic heterocycles. The van der Waals surface area contributed by atoms with Crippen LogP contribution in [0.5, 0.6) is 0 Å². The Hall–Kier alpha value is -1.67. The van der Waals surface area contributed by atoms with Gasteiger partial charge in [0.05, 0.1) is 11.4 Å². The van der Waals surface area contributed by atoms with E-state index in [0.29, 0.717) is 0 Å². The molecule has 0 saturated carbocycles. The third kappa shape index (κ3) is 4.15. The van der Waals surface area contributed by atoms with Crippen molar-refractivity contribution in [3.8, 4) is 0 Å². The van der Waals surface area contributed by atoms with Crippen LogP contribution in [-0.4, -0.2) is 38.3 Å². The van der Waals surface area contributed by atoms with Crippen LogP contribution in [-0.2, 0) is 14.8 Å². The van der Waals surface area contributed by atoms with Gasteiger partial charge in [-0.1, -0.05) is 0 Å². The van der Waals surface area contributed by atoms with Crippen molar-refractivity contribution in [2.24, 2.45) is 0 Å². The molecule has 0 bridgehead atoms. The third-order valence-electron chi connectivity index (χ3n) is 2.88. The Balaban J connectivity index is 3.03. The van der Waals surface area contributed by atoms with E-state index in [1.165, 1.54) is 20.0 Å². The Morgan fingerprint density at radius 2 is 2.00 bits per heavy atom. The van der Waals surface area contributed by atoms with Crippen molar-refractivity contribution < 1.29 is 17.6 Å². The topological polar surface area (TPSA) is 92.5 Å². The summed E-state index contributed by atoms with van der Waals surface area (Å²) < 4.78 is 39.1. The lowest BCUT2D eigenvalue weighted by molar-refractivity contribution is -0.121. The maximum atomic E-state index is 13.6. The number of hydrogen-bond donors (Lipinski definition) is 2. The first kappa shape index (κ1) is 17.4. The lowest BCUT2D eigenvalue weighted by Gasteiger charge is -2.18. The predicted molar refractivity (Wildman–Crippen MR) is 78.6 cm³/mol. The normalized spacial score (nSPS) is 12.0. The molecule has 3 N–H and O–H groups in total. The van der Waals surface area contributed by atoms with E-state index in [0.717, 1.165) is 10.4 Å². The van der Waals surface area contributed by atoms with Gasteiger partial charge in [0.1, 0.15) is 5.82 Å². The minimum Gasteiger partial charge on any atom is -0.398 e. The molecule has 6 nitrogen and oxygen atoms in total. The quantitative estimate of drug-likeness (QED) is 0.788. The lowest BCUT2D eigenvalue weighted by atomic mass is 10.2. The summed E-state index contributed by atoms with van der Waals surface area (Å²) in [5.41, 5.74) is 5.82. The number of likely N-dealkylation sites (N-methyl/N-ethyl adjacent to an activating group) is 1. The summed E-state index contributed by atoms with van der Waals surface area (Å²) in [6.07, 6.45) is 0. The number of anilines is 1. The van der Waals surface area contributed by atoms with E-state index in [4.69, 9.17) is 5.73 Å². The van der Waals surface area contributed by atoms with Crippen LogP contribution in [0.2, 0.25) is 0 Å². The van der Waals surface area contributed by atoms with Crippen LogP contribution in [0.15, 0.2) is 17.0 Å². The molecule has 0 atom stereocenters. The highest BCUT2D eigenvalue weighted by Crippen LogP contribution is 2.22. The smallest absolute Gasteiger partial charge is 0.243 e. The highest BCUT2D eigenvalue weighted by Gasteiger charge is 2.24. The summed E-state index contributed by atoms with van der Waals surface area (Å²) in [6, 6.07) is 1.99. The molecule has 1 aromatic carbocycles. The summed E-state index contributed by atoms with van der Waals surface area (Å²) in [6.45, 7) is 4.64. The molecular weight excluding hydrogens is 297 g/mol. The highest BCUT2D eigenvalue weighted by molar-refractivity contribution is 7.89. The number of carbonyl (C=O) groups is 1. The van der Waals surface area contributed by atoms with E-state index in [1.54, 1.807) is 13.8 Å². The Morgan fingerprint density at radius 1 is 1.43 bits per heavy atom. The standard InChI is InChI=1S/C13H20FN3O3S/c1-8(2)16-13(18)7-17(4)21(19,20)10-5-11(14)9(3)12(15)6-10/h5-6,8H,7,15H2,1-4H3,(H,16,18). The summed E-state index contributed by atoms with van der Waals surface area (Å²) in [5.74, 6) is -1.13. The molecule has 0 heterocycles. The van der Waals surface area contributed by atoms with Gasteiger partial charge in [0.25, 0.3) is 0 Å². The first-order chi connectivity index (χ1) is 9.55. The van der Waals surface area contributed by atoms with Crippen LogP contribution in [0.3, 0.4) is 0 Å². The molecule has 21 heavy (non-hydrogen) atoms. The fraction of sp³-hybridized carbons (Fsp3) is 0.462. The fourth-order valence-corrected chi connectivity index (χ4v) is 2.83. The van der Waals surface area contributed by atoms with Gasteiger partial charge in [-0.05, 0) is 32.9 Å². The summed E-state index contributed by atoms with van der Waals surface area (Å²) in [4.78, 5) is 11.3. The zero-order valence-electron chi connectivity index (χ0n) is 12.5. The fourth-order valence-electron chi connectivity index (χ4n) is 1.66. The Bertz CT molecular complexity index is 621. The number of sulfonamides is 1. The number of hydrogen-bond acceptors (Lipinski definition) is 4. The number of nitrogen functional groups attached to an aromatic ring is 1. The van der Waals surface area contributed by atoms with E-state index >= 15 is 0 Å². The molecular formula is C13H20FN3O3S. The Morgan fingerprint density at radius 3 is 2.48 bits per heavy atom. The van der Waals surface area contributed by atoms with Gasteiger partial charge in [-0.25, -0.2) is 12.8 Å². The van der Waals surface area contributed by atoms with Crippen molar-refractivity contribution in [1.82, 2.24) is 9.62 Å². The van der Waals surface area contributed by atoms with Gasteiger partial charge in [0.2, 0.25) is 15.9 Å². The Kier molecular flexibility index (Phi) is 5.30. The highest BCUT2D eigenvalue weighted by atomic mass is 32.2. The van der Waals surface area contributed by atoms with E-state index in [9.17, 15) is 17.6 Å². The number of carbonyl (C=O) groups excluding carboxylic acids is 1. The molecule has 1 amide bonds. The van der Waals surface area contributed by atoms with Gasteiger partial charge >= 0.3 is 0 Å². The van der Waals surface area contributed by atoms with E-state index in [-0.39, 0.29) is 28.7 Å². The second kappa shape index (κ2) is 6.40. The van der Waals surface area contributed by atoms with Crippen LogP contribution in [0.4, 0.5) is 10.1 Å². The average Bonchev–Trinajstić information content (AvgIpc) is 2.33. The molecule has 118 valence electrons. The molecule has 0 spiro atoms. The minimum absolute atomic E-state index is 0.0496. The molecule has 0 aromatic heterocycles.